The van der Waals surface area contributed by atoms with Gasteiger partial charge in [0.1, 0.15) is 11.9 Å². The van der Waals surface area contributed by atoms with Crippen LogP contribution in [-0.4, -0.2) is 66.3 Å². The second kappa shape index (κ2) is 13.9. The molecule has 2 N–H and O–H groups in total. The summed E-state index contributed by atoms with van der Waals surface area (Å²) in [6, 6.07) is 10.4. The molecule has 1 aromatic carbocycles. The van der Waals surface area contributed by atoms with E-state index in [-0.39, 0.29) is 30.1 Å². The summed E-state index contributed by atoms with van der Waals surface area (Å²) in [5.41, 5.74) is 0.871. The lowest BCUT2D eigenvalue weighted by molar-refractivity contribution is -0.132. The number of carbonyl (C=O) groups excluding carboxylic acids is 3. The van der Waals surface area contributed by atoms with E-state index in [4.69, 9.17) is 10.1 Å². The van der Waals surface area contributed by atoms with Crippen molar-refractivity contribution in [2.24, 2.45) is 5.92 Å². The summed E-state index contributed by atoms with van der Waals surface area (Å²) in [5, 5.41) is 14.9. The third-order valence-corrected chi connectivity index (χ3v) is 6.94. The van der Waals surface area contributed by atoms with E-state index in [1.54, 1.807) is 10.9 Å². The molecule has 0 bridgehead atoms. The Balaban J connectivity index is 1.57. The predicted molar refractivity (Wildman–Crippen MR) is 151 cm³/mol. The number of aryl methyl sites for hydroxylation is 1. The highest BCUT2D eigenvalue weighted by Crippen LogP contribution is 2.20. The second-order valence-electron chi connectivity index (χ2n) is 10.7. The van der Waals surface area contributed by atoms with Crippen LogP contribution >= 0.6 is 0 Å². The zero-order valence-corrected chi connectivity index (χ0v) is 23.6. The predicted octanol–water partition coefficient (Wildman–Crippen LogP) is 2.95. The Labute approximate surface area is 235 Å². The minimum absolute atomic E-state index is 0.0312. The van der Waals surface area contributed by atoms with E-state index in [0.717, 1.165) is 5.56 Å². The summed E-state index contributed by atoms with van der Waals surface area (Å²) in [4.78, 5) is 45.9. The number of hydrogen-bond donors (Lipinski definition) is 2. The quantitative estimate of drug-likeness (QED) is 0.467. The van der Waals surface area contributed by atoms with Crippen molar-refractivity contribution >= 4 is 17.7 Å². The van der Waals surface area contributed by atoms with Gasteiger partial charge in [-0.1, -0.05) is 44.2 Å². The Morgan fingerprint density at radius 2 is 1.88 bits per heavy atom. The maximum Gasteiger partial charge on any atom is 0.243 e. The molecule has 2 aromatic heterocycles. The van der Waals surface area contributed by atoms with Crippen LogP contribution in [0.15, 0.2) is 48.8 Å². The SMILES string of the molecule is CC(C)C[C@H]1NC(=O)CCCN(C(=O)CCCn2cccn2)CCn2nc(-c3ccccc3)nc2[C@@H](C)NC1=O. The van der Waals surface area contributed by atoms with Crippen LogP contribution in [0.5, 0.6) is 0 Å². The van der Waals surface area contributed by atoms with E-state index in [2.05, 4.69) is 15.7 Å². The Morgan fingerprint density at radius 3 is 2.60 bits per heavy atom. The van der Waals surface area contributed by atoms with Gasteiger partial charge in [-0.2, -0.15) is 10.2 Å². The topological polar surface area (TPSA) is 127 Å². The highest BCUT2D eigenvalue weighted by atomic mass is 16.2. The van der Waals surface area contributed by atoms with Gasteiger partial charge < -0.3 is 15.5 Å². The number of aromatic nitrogens is 5. The van der Waals surface area contributed by atoms with Gasteiger partial charge in [-0.05, 0) is 38.2 Å². The molecule has 40 heavy (non-hydrogen) atoms. The average molecular weight is 549 g/mol. The average Bonchev–Trinajstić information content (AvgIpc) is 3.60. The van der Waals surface area contributed by atoms with Gasteiger partial charge in [0, 0.05) is 50.4 Å². The molecule has 0 saturated carbocycles. The molecule has 1 aliphatic rings. The fourth-order valence-electron chi connectivity index (χ4n) is 4.89. The summed E-state index contributed by atoms with van der Waals surface area (Å²) in [6.07, 6.45) is 5.92. The van der Waals surface area contributed by atoms with Crippen molar-refractivity contribution in [2.45, 2.75) is 78.0 Å². The van der Waals surface area contributed by atoms with E-state index in [9.17, 15) is 14.4 Å². The molecule has 3 amide bonds. The molecule has 3 aromatic rings. The van der Waals surface area contributed by atoms with E-state index in [0.29, 0.717) is 63.5 Å². The molecule has 1 aliphatic heterocycles. The van der Waals surface area contributed by atoms with Gasteiger partial charge in [0.05, 0.1) is 12.6 Å². The Kier molecular flexibility index (Phi) is 10.0. The molecule has 0 saturated heterocycles. The van der Waals surface area contributed by atoms with Crippen molar-refractivity contribution in [2.75, 3.05) is 13.1 Å². The van der Waals surface area contributed by atoms with Crippen LogP contribution in [-0.2, 0) is 27.5 Å². The molecule has 0 unspecified atom stereocenters. The number of carbonyl (C=O) groups is 3. The lowest BCUT2D eigenvalue weighted by Crippen LogP contribution is -2.48. The van der Waals surface area contributed by atoms with Crippen LogP contribution in [0.1, 0.15) is 64.7 Å². The first-order valence-corrected chi connectivity index (χ1v) is 14.1. The van der Waals surface area contributed by atoms with Crippen molar-refractivity contribution in [3.8, 4) is 11.4 Å². The molecular formula is C29H40N8O3. The van der Waals surface area contributed by atoms with Crippen LogP contribution in [0.4, 0.5) is 0 Å². The van der Waals surface area contributed by atoms with Crippen LogP contribution in [0, 0.1) is 5.92 Å². The van der Waals surface area contributed by atoms with Gasteiger partial charge in [-0.25, -0.2) is 9.67 Å². The van der Waals surface area contributed by atoms with Crippen molar-refractivity contribution in [3.63, 3.8) is 0 Å². The molecule has 11 nitrogen and oxygen atoms in total. The van der Waals surface area contributed by atoms with Gasteiger partial charge in [0.15, 0.2) is 5.82 Å². The van der Waals surface area contributed by atoms with E-state index in [1.807, 2.05) is 72.9 Å². The highest BCUT2D eigenvalue weighted by Gasteiger charge is 2.27. The molecule has 0 spiro atoms. The minimum Gasteiger partial charge on any atom is -0.345 e. The first-order chi connectivity index (χ1) is 19.3. The molecule has 11 heteroatoms. The first kappa shape index (κ1) is 29.0. The molecular weight excluding hydrogens is 508 g/mol. The molecule has 0 radical (unpaired) electrons. The molecule has 214 valence electrons. The molecule has 3 heterocycles. The van der Waals surface area contributed by atoms with Crippen molar-refractivity contribution < 1.29 is 14.4 Å². The molecule has 0 fully saturated rings. The number of hydrogen-bond acceptors (Lipinski definition) is 6. The largest absolute Gasteiger partial charge is 0.345 e. The van der Waals surface area contributed by atoms with Gasteiger partial charge in [0.25, 0.3) is 0 Å². The van der Waals surface area contributed by atoms with Crippen molar-refractivity contribution in [3.05, 3.63) is 54.6 Å². The monoisotopic (exact) mass is 548 g/mol. The lowest BCUT2D eigenvalue weighted by atomic mass is 10.0. The van der Waals surface area contributed by atoms with Crippen LogP contribution in [0.25, 0.3) is 11.4 Å². The maximum atomic E-state index is 13.3. The van der Waals surface area contributed by atoms with Gasteiger partial charge in [-0.15, -0.1) is 0 Å². The summed E-state index contributed by atoms with van der Waals surface area (Å²) in [5.74, 6) is 0.981. The van der Waals surface area contributed by atoms with Crippen LogP contribution in [0.2, 0.25) is 0 Å². The summed E-state index contributed by atoms with van der Waals surface area (Å²) < 4.78 is 3.61. The zero-order valence-electron chi connectivity index (χ0n) is 23.6. The summed E-state index contributed by atoms with van der Waals surface area (Å²) >= 11 is 0. The second-order valence-corrected chi connectivity index (χ2v) is 10.7. The van der Waals surface area contributed by atoms with E-state index >= 15 is 0 Å². The molecule has 4 rings (SSSR count). The fraction of sp³-hybridized carbons (Fsp3) is 0.517. The smallest absolute Gasteiger partial charge is 0.243 e. The zero-order chi connectivity index (χ0) is 28.5. The lowest BCUT2D eigenvalue weighted by Gasteiger charge is -2.26. The summed E-state index contributed by atoms with van der Waals surface area (Å²) in [6.45, 7) is 7.85. The molecule has 0 aliphatic carbocycles. The minimum atomic E-state index is -0.650. The van der Waals surface area contributed by atoms with Crippen LogP contribution < -0.4 is 10.6 Å². The van der Waals surface area contributed by atoms with E-state index in [1.165, 1.54) is 0 Å². The standard InChI is InChI=1S/C29H40N8O3/c1-21(2)20-24-29(40)31-22(3)28-33-27(23-10-5-4-6-11-23)34-37(28)19-18-35(15-7-12-25(38)32-24)26(39)13-8-16-36-17-9-14-30-36/h4-6,9-11,14,17,21-22,24H,7-8,12-13,15-16,18-20H2,1-3H3,(H,31,40)(H,32,38)/t22-,24-/m1/s1. The summed E-state index contributed by atoms with van der Waals surface area (Å²) in [7, 11) is 0. The number of nitrogens with zero attached hydrogens (tertiary/aromatic N) is 6. The Hall–Kier alpha value is -4.02. The van der Waals surface area contributed by atoms with Gasteiger partial charge in [0.2, 0.25) is 17.7 Å². The number of fused-ring (bicyclic) bond motifs is 1. The van der Waals surface area contributed by atoms with Crippen molar-refractivity contribution in [1.82, 2.24) is 40.1 Å². The first-order valence-electron chi connectivity index (χ1n) is 14.1. The maximum absolute atomic E-state index is 13.3. The van der Waals surface area contributed by atoms with Crippen molar-refractivity contribution in [1.29, 1.82) is 0 Å². The number of amides is 3. The van der Waals surface area contributed by atoms with E-state index < -0.39 is 12.1 Å². The number of nitrogens with one attached hydrogen (secondary N) is 2. The fourth-order valence-corrected chi connectivity index (χ4v) is 4.89. The van der Waals surface area contributed by atoms with Gasteiger partial charge >= 0.3 is 0 Å². The Bertz CT molecular complexity index is 1260. The number of rotatable bonds is 7. The number of benzene rings is 1. The normalized spacial score (nSPS) is 19.1. The third kappa shape index (κ3) is 8.00. The third-order valence-electron chi connectivity index (χ3n) is 6.94. The molecule has 2 atom stereocenters. The Morgan fingerprint density at radius 1 is 1.07 bits per heavy atom. The van der Waals surface area contributed by atoms with Crippen LogP contribution in [0.3, 0.4) is 0 Å². The highest BCUT2D eigenvalue weighted by molar-refractivity contribution is 5.87. The van der Waals surface area contributed by atoms with Gasteiger partial charge in [-0.3, -0.25) is 19.1 Å².